The first kappa shape index (κ1) is 16.5. The Bertz CT molecular complexity index is 838. The maximum Gasteiger partial charge on any atom is 0.256 e. The molecule has 2 aromatic carbocycles. The standard InChI is InChI=1S/C18H16ClFN2O2/c1-10-4-6-13(8-14(10)19)22-17(23)9-16(18(22)24)21-12-5-3-11(2)15(20)7-12/h3-8,16,21H,9H2,1-2H3/t16-/m1/s1. The molecule has 0 aliphatic carbocycles. The number of carbonyl (C=O) groups excluding carboxylic acids is 2. The molecule has 1 fully saturated rings. The molecule has 3 rings (SSSR count). The highest BCUT2D eigenvalue weighted by atomic mass is 35.5. The molecule has 24 heavy (non-hydrogen) atoms. The van der Waals surface area contributed by atoms with Crippen molar-refractivity contribution in [3.8, 4) is 0 Å². The first-order valence-electron chi connectivity index (χ1n) is 7.52. The van der Waals surface area contributed by atoms with Gasteiger partial charge in [0.1, 0.15) is 11.9 Å². The van der Waals surface area contributed by atoms with E-state index in [0.717, 1.165) is 10.5 Å². The SMILES string of the molecule is Cc1ccc(N[C@@H]2CC(=O)N(c3ccc(C)c(Cl)c3)C2=O)cc1F. The van der Waals surface area contributed by atoms with Gasteiger partial charge in [-0.1, -0.05) is 23.7 Å². The number of amides is 2. The van der Waals surface area contributed by atoms with Gasteiger partial charge < -0.3 is 5.32 Å². The van der Waals surface area contributed by atoms with Crippen LogP contribution in [0.4, 0.5) is 15.8 Å². The second-order valence-electron chi connectivity index (χ2n) is 5.87. The van der Waals surface area contributed by atoms with E-state index in [2.05, 4.69) is 5.32 Å². The molecule has 1 N–H and O–H groups in total. The summed E-state index contributed by atoms with van der Waals surface area (Å²) in [5, 5.41) is 3.42. The summed E-state index contributed by atoms with van der Waals surface area (Å²) in [6, 6.07) is 8.94. The van der Waals surface area contributed by atoms with Crippen molar-refractivity contribution in [2.75, 3.05) is 10.2 Å². The summed E-state index contributed by atoms with van der Waals surface area (Å²) in [5.74, 6) is -1.05. The van der Waals surface area contributed by atoms with Crippen LogP contribution in [-0.4, -0.2) is 17.9 Å². The molecule has 0 radical (unpaired) electrons. The van der Waals surface area contributed by atoms with Crippen molar-refractivity contribution in [2.24, 2.45) is 0 Å². The molecular weight excluding hydrogens is 331 g/mol. The molecule has 0 saturated carbocycles. The Balaban J connectivity index is 1.83. The molecule has 0 aromatic heterocycles. The van der Waals surface area contributed by atoms with Gasteiger partial charge in [-0.2, -0.15) is 0 Å². The zero-order valence-electron chi connectivity index (χ0n) is 13.3. The molecule has 4 nitrogen and oxygen atoms in total. The Labute approximate surface area is 144 Å². The lowest BCUT2D eigenvalue weighted by molar-refractivity contribution is -0.121. The number of nitrogens with zero attached hydrogens (tertiary/aromatic N) is 1. The summed E-state index contributed by atoms with van der Waals surface area (Å²) >= 11 is 6.08. The summed E-state index contributed by atoms with van der Waals surface area (Å²) in [5.41, 5.74) is 2.29. The van der Waals surface area contributed by atoms with Gasteiger partial charge in [0.15, 0.2) is 0 Å². The Morgan fingerprint density at radius 2 is 1.83 bits per heavy atom. The maximum absolute atomic E-state index is 13.6. The van der Waals surface area contributed by atoms with Gasteiger partial charge in [-0.25, -0.2) is 9.29 Å². The minimum atomic E-state index is -0.723. The molecule has 1 saturated heterocycles. The Morgan fingerprint density at radius 3 is 2.50 bits per heavy atom. The number of anilines is 2. The quantitative estimate of drug-likeness (QED) is 0.859. The predicted octanol–water partition coefficient (Wildman–Crippen LogP) is 3.84. The fraction of sp³-hybridized carbons (Fsp3) is 0.222. The van der Waals surface area contributed by atoms with Gasteiger partial charge in [-0.3, -0.25) is 9.59 Å². The first-order chi connectivity index (χ1) is 11.4. The van der Waals surface area contributed by atoms with Crippen molar-refractivity contribution >= 4 is 34.8 Å². The van der Waals surface area contributed by atoms with E-state index in [4.69, 9.17) is 11.6 Å². The fourth-order valence-electron chi connectivity index (χ4n) is 2.62. The minimum absolute atomic E-state index is 0.0137. The Morgan fingerprint density at radius 1 is 1.12 bits per heavy atom. The molecule has 2 aromatic rings. The molecule has 1 heterocycles. The summed E-state index contributed by atoms with van der Waals surface area (Å²) < 4.78 is 13.6. The second kappa shape index (κ2) is 6.24. The van der Waals surface area contributed by atoms with Gasteiger partial charge in [0.05, 0.1) is 12.1 Å². The molecule has 2 amide bonds. The summed E-state index contributed by atoms with van der Waals surface area (Å²) in [6.45, 7) is 3.50. The van der Waals surface area contributed by atoms with E-state index >= 15 is 0 Å². The number of hydrogen-bond donors (Lipinski definition) is 1. The van der Waals surface area contributed by atoms with Crippen molar-refractivity contribution < 1.29 is 14.0 Å². The van der Waals surface area contributed by atoms with Crippen molar-refractivity contribution in [2.45, 2.75) is 26.3 Å². The molecule has 1 aliphatic heterocycles. The van der Waals surface area contributed by atoms with Crippen molar-refractivity contribution in [3.63, 3.8) is 0 Å². The van der Waals surface area contributed by atoms with Crippen LogP contribution >= 0.6 is 11.6 Å². The molecule has 0 spiro atoms. The topological polar surface area (TPSA) is 49.4 Å². The highest BCUT2D eigenvalue weighted by Crippen LogP contribution is 2.28. The number of hydrogen-bond acceptors (Lipinski definition) is 3. The highest BCUT2D eigenvalue weighted by Gasteiger charge is 2.39. The lowest BCUT2D eigenvalue weighted by atomic mass is 10.2. The summed E-state index contributed by atoms with van der Waals surface area (Å²) in [6.07, 6.45) is 0.0137. The van der Waals surface area contributed by atoms with Crippen LogP contribution in [0.1, 0.15) is 17.5 Å². The highest BCUT2D eigenvalue weighted by molar-refractivity contribution is 6.32. The van der Waals surface area contributed by atoms with Gasteiger partial charge in [-0.15, -0.1) is 0 Å². The van der Waals surface area contributed by atoms with Crippen LogP contribution in [0.25, 0.3) is 0 Å². The lowest BCUT2D eigenvalue weighted by Gasteiger charge is -2.17. The fourth-order valence-corrected chi connectivity index (χ4v) is 2.80. The van der Waals surface area contributed by atoms with Gasteiger partial charge in [0.2, 0.25) is 5.91 Å². The maximum atomic E-state index is 13.6. The van der Waals surface area contributed by atoms with E-state index in [1.807, 2.05) is 6.92 Å². The largest absolute Gasteiger partial charge is 0.373 e. The van der Waals surface area contributed by atoms with Crippen LogP contribution in [0.15, 0.2) is 36.4 Å². The monoisotopic (exact) mass is 346 g/mol. The molecule has 1 aliphatic rings. The van der Waals surface area contributed by atoms with Gasteiger partial charge in [0.25, 0.3) is 5.91 Å². The molecule has 0 bridgehead atoms. The van der Waals surface area contributed by atoms with Crippen LogP contribution < -0.4 is 10.2 Å². The summed E-state index contributed by atoms with van der Waals surface area (Å²) in [4.78, 5) is 25.9. The summed E-state index contributed by atoms with van der Waals surface area (Å²) in [7, 11) is 0. The molecule has 0 unspecified atom stereocenters. The predicted molar refractivity (Wildman–Crippen MR) is 91.8 cm³/mol. The third kappa shape index (κ3) is 2.99. The van der Waals surface area contributed by atoms with E-state index in [9.17, 15) is 14.0 Å². The Kier molecular flexibility index (Phi) is 4.28. The number of carbonyl (C=O) groups is 2. The van der Waals surface area contributed by atoms with Gasteiger partial charge >= 0.3 is 0 Å². The van der Waals surface area contributed by atoms with E-state index in [-0.39, 0.29) is 24.1 Å². The van der Waals surface area contributed by atoms with Crippen LogP contribution in [0, 0.1) is 19.7 Å². The number of benzene rings is 2. The molecule has 124 valence electrons. The van der Waals surface area contributed by atoms with Crippen LogP contribution in [-0.2, 0) is 9.59 Å². The lowest BCUT2D eigenvalue weighted by Crippen LogP contribution is -2.34. The molecule has 1 atom stereocenters. The van der Waals surface area contributed by atoms with E-state index in [1.54, 1.807) is 37.3 Å². The third-order valence-corrected chi connectivity index (χ3v) is 4.48. The molecule has 6 heteroatoms. The minimum Gasteiger partial charge on any atom is -0.373 e. The van der Waals surface area contributed by atoms with Crippen LogP contribution in [0.2, 0.25) is 5.02 Å². The van der Waals surface area contributed by atoms with E-state index in [1.165, 1.54) is 6.07 Å². The van der Waals surface area contributed by atoms with Crippen molar-refractivity contribution in [1.29, 1.82) is 0 Å². The number of imide groups is 1. The average molecular weight is 347 g/mol. The van der Waals surface area contributed by atoms with Crippen LogP contribution in [0.5, 0.6) is 0 Å². The zero-order valence-corrected chi connectivity index (χ0v) is 14.0. The van der Waals surface area contributed by atoms with Crippen LogP contribution in [0.3, 0.4) is 0 Å². The van der Waals surface area contributed by atoms with Gasteiger partial charge in [-0.05, 0) is 49.2 Å². The second-order valence-corrected chi connectivity index (χ2v) is 6.27. The first-order valence-corrected chi connectivity index (χ1v) is 7.90. The number of nitrogens with one attached hydrogen (secondary N) is 1. The average Bonchev–Trinajstić information content (AvgIpc) is 2.80. The smallest absolute Gasteiger partial charge is 0.256 e. The zero-order chi connectivity index (χ0) is 17.4. The van der Waals surface area contributed by atoms with E-state index in [0.29, 0.717) is 22.0 Å². The third-order valence-electron chi connectivity index (χ3n) is 4.07. The number of rotatable bonds is 3. The number of aryl methyl sites for hydroxylation is 2. The molecular formula is C18H16ClFN2O2. The van der Waals surface area contributed by atoms with E-state index < -0.39 is 6.04 Å². The van der Waals surface area contributed by atoms with Crippen molar-refractivity contribution in [1.82, 2.24) is 0 Å². The van der Waals surface area contributed by atoms with Gasteiger partial charge in [0, 0.05) is 10.7 Å². The number of halogens is 2. The normalized spacial score (nSPS) is 17.5. The Hall–Kier alpha value is -2.40. The van der Waals surface area contributed by atoms with Crippen molar-refractivity contribution in [3.05, 3.63) is 58.4 Å².